The third-order valence-electron chi connectivity index (χ3n) is 4.43. The lowest BCUT2D eigenvalue weighted by molar-refractivity contribution is 1.53. The van der Waals surface area contributed by atoms with Gasteiger partial charge in [-0.1, -0.05) is 111 Å². The normalized spacial score (nSPS) is 10.7. The second-order valence-electron chi connectivity index (χ2n) is 6.08. The minimum atomic E-state index is 1.09. The molecule has 0 amide bonds. The average Bonchev–Trinajstić information content (AvgIpc) is 2.70. The number of benzene rings is 4. The second-order valence-corrected chi connectivity index (χ2v) is 7.85. The minimum absolute atomic E-state index is 1.09. The van der Waals surface area contributed by atoms with Crippen molar-refractivity contribution in [3.8, 4) is 33.4 Å². The molecule has 0 saturated carbocycles. The van der Waals surface area contributed by atoms with Crippen LogP contribution in [0, 0.1) is 0 Å². The summed E-state index contributed by atoms with van der Waals surface area (Å²) in [7, 11) is 0. The van der Waals surface area contributed by atoms with Crippen LogP contribution in [-0.2, 0) is 0 Å². The van der Waals surface area contributed by atoms with E-state index in [0.717, 1.165) is 8.95 Å². The van der Waals surface area contributed by atoms with Crippen molar-refractivity contribution in [1.82, 2.24) is 0 Å². The largest absolute Gasteiger partial charge is 0.0622 e. The molecule has 0 atom stereocenters. The molecular weight excluding hydrogens is 448 g/mol. The maximum atomic E-state index is 3.79. The summed E-state index contributed by atoms with van der Waals surface area (Å²) in [4.78, 5) is 0. The number of hydrogen-bond acceptors (Lipinski definition) is 0. The van der Waals surface area contributed by atoms with Crippen molar-refractivity contribution in [2.45, 2.75) is 0 Å². The van der Waals surface area contributed by atoms with E-state index in [1.54, 1.807) is 0 Å². The Morgan fingerprint density at radius 3 is 1.54 bits per heavy atom. The Morgan fingerprint density at radius 1 is 0.423 bits per heavy atom. The molecule has 0 aliphatic heterocycles. The van der Waals surface area contributed by atoms with Gasteiger partial charge in [0, 0.05) is 14.5 Å². The zero-order chi connectivity index (χ0) is 17.9. The van der Waals surface area contributed by atoms with E-state index in [2.05, 4.69) is 129 Å². The van der Waals surface area contributed by atoms with Crippen LogP contribution in [0.3, 0.4) is 0 Å². The first kappa shape index (κ1) is 17.3. The molecule has 0 fully saturated rings. The quantitative estimate of drug-likeness (QED) is 0.287. The molecule has 0 bridgehead atoms. The van der Waals surface area contributed by atoms with Gasteiger partial charge in [0.25, 0.3) is 0 Å². The number of halogens is 2. The van der Waals surface area contributed by atoms with Crippen LogP contribution in [0.2, 0.25) is 0 Å². The van der Waals surface area contributed by atoms with Gasteiger partial charge in [-0.25, -0.2) is 0 Å². The molecule has 126 valence electrons. The summed E-state index contributed by atoms with van der Waals surface area (Å²) < 4.78 is 2.19. The van der Waals surface area contributed by atoms with Gasteiger partial charge in [0.15, 0.2) is 0 Å². The van der Waals surface area contributed by atoms with E-state index in [0.29, 0.717) is 0 Å². The molecule has 26 heavy (non-hydrogen) atoms. The van der Waals surface area contributed by atoms with Crippen molar-refractivity contribution in [2.75, 3.05) is 0 Å². The van der Waals surface area contributed by atoms with Crippen LogP contribution in [0.4, 0.5) is 0 Å². The van der Waals surface area contributed by atoms with E-state index in [4.69, 9.17) is 0 Å². The fraction of sp³-hybridized carbons (Fsp3) is 0. The van der Waals surface area contributed by atoms with E-state index < -0.39 is 0 Å². The molecule has 4 aromatic rings. The van der Waals surface area contributed by atoms with Crippen molar-refractivity contribution in [1.29, 1.82) is 0 Å². The Labute approximate surface area is 170 Å². The van der Waals surface area contributed by atoms with Crippen molar-refractivity contribution < 1.29 is 0 Å². The minimum Gasteiger partial charge on any atom is -0.0622 e. The highest BCUT2D eigenvalue weighted by Crippen LogP contribution is 2.44. The molecule has 0 aromatic heterocycles. The number of hydrogen-bond donors (Lipinski definition) is 0. The van der Waals surface area contributed by atoms with Crippen LogP contribution in [0.5, 0.6) is 0 Å². The first-order valence-electron chi connectivity index (χ1n) is 8.43. The summed E-state index contributed by atoms with van der Waals surface area (Å²) >= 11 is 7.33. The lowest BCUT2D eigenvalue weighted by atomic mass is 9.88. The van der Waals surface area contributed by atoms with Crippen molar-refractivity contribution in [3.05, 3.63) is 106 Å². The SMILES string of the molecule is Brc1ccc(-c2ccc(Br)c(-c3ccccc3)c2-c2ccccc2)cc1. The molecule has 0 saturated heterocycles. The molecule has 0 unspecified atom stereocenters. The molecule has 0 spiro atoms. The molecule has 0 radical (unpaired) electrons. The van der Waals surface area contributed by atoms with E-state index in [9.17, 15) is 0 Å². The fourth-order valence-corrected chi connectivity index (χ4v) is 4.06. The summed E-state index contributed by atoms with van der Waals surface area (Å²) in [6.45, 7) is 0. The Kier molecular flexibility index (Phi) is 5.05. The topological polar surface area (TPSA) is 0 Å². The van der Waals surface area contributed by atoms with Crippen molar-refractivity contribution in [2.24, 2.45) is 0 Å². The molecule has 0 aliphatic carbocycles. The van der Waals surface area contributed by atoms with Crippen molar-refractivity contribution >= 4 is 31.9 Å². The lowest BCUT2D eigenvalue weighted by Gasteiger charge is -2.18. The van der Waals surface area contributed by atoms with Crippen molar-refractivity contribution in [3.63, 3.8) is 0 Å². The second kappa shape index (κ2) is 7.61. The summed E-state index contributed by atoms with van der Waals surface area (Å²) in [5.41, 5.74) is 7.32. The van der Waals surface area contributed by atoms with Gasteiger partial charge in [0.05, 0.1) is 0 Å². The highest BCUT2D eigenvalue weighted by molar-refractivity contribution is 9.10. The molecule has 0 heterocycles. The standard InChI is InChI=1S/C24H16Br2/c25-20-13-11-17(12-14-20)21-15-16-22(26)24(19-9-5-2-6-10-19)23(21)18-7-3-1-4-8-18/h1-16H. The summed E-state index contributed by atoms with van der Waals surface area (Å²) in [5.74, 6) is 0. The highest BCUT2D eigenvalue weighted by atomic mass is 79.9. The van der Waals surface area contributed by atoms with Crippen LogP contribution in [0.1, 0.15) is 0 Å². The Balaban J connectivity index is 2.06. The lowest BCUT2D eigenvalue weighted by Crippen LogP contribution is -1.92. The Bertz CT molecular complexity index is 1020. The van der Waals surface area contributed by atoms with Gasteiger partial charge in [0.2, 0.25) is 0 Å². The third kappa shape index (κ3) is 3.40. The van der Waals surface area contributed by atoms with Crippen LogP contribution >= 0.6 is 31.9 Å². The van der Waals surface area contributed by atoms with Gasteiger partial charge >= 0.3 is 0 Å². The molecule has 2 heteroatoms. The first-order valence-corrected chi connectivity index (χ1v) is 10.0. The maximum Gasteiger partial charge on any atom is 0.0260 e. The molecule has 4 rings (SSSR count). The van der Waals surface area contributed by atoms with E-state index in [1.165, 1.54) is 33.4 Å². The monoisotopic (exact) mass is 462 g/mol. The predicted octanol–water partition coefficient (Wildman–Crippen LogP) is 8.21. The molecular formula is C24H16Br2. The average molecular weight is 464 g/mol. The maximum absolute atomic E-state index is 3.79. The zero-order valence-corrected chi connectivity index (χ0v) is 17.2. The Hall–Kier alpha value is -2.16. The van der Waals surface area contributed by atoms with Gasteiger partial charge in [0.1, 0.15) is 0 Å². The van der Waals surface area contributed by atoms with Crippen LogP contribution in [-0.4, -0.2) is 0 Å². The van der Waals surface area contributed by atoms with Crippen LogP contribution < -0.4 is 0 Å². The van der Waals surface area contributed by atoms with E-state index >= 15 is 0 Å². The first-order chi connectivity index (χ1) is 12.7. The molecule has 0 N–H and O–H groups in total. The van der Waals surface area contributed by atoms with Gasteiger partial charge in [-0.05, 0) is 46.0 Å². The Morgan fingerprint density at radius 2 is 0.962 bits per heavy atom. The van der Waals surface area contributed by atoms with Gasteiger partial charge in [-0.3, -0.25) is 0 Å². The summed E-state index contributed by atoms with van der Waals surface area (Å²) in [5, 5.41) is 0. The molecule has 0 aliphatic rings. The van der Waals surface area contributed by atoms with E-state index in [1.807, 2.05) is 0 Å². The van der Waals surface area contributed by atoms with Gasteiger partial charge < -0.3 is 0 Å². The van der Waals surface area contributed by atoms with Gasteiger partial charge in [-0.15, -0.1) is 0 Å². The van der Waals surface area contributed by atoms with E-state index in [-0.39, 0.29) is 0 Å². The predicted molar refractivity (Wildman–Crippen MR) is 118 cm³/mol. The summed E-state index contributed by atoms with van der Waals surface area (Å²) in [6, 6.07) is 34.0. The smallest absolute Gasteiger partial charge is 0.0260 e. The third-order valence-corrected chi connectivity index (χ3v) is 5.62. The number of rotatable bonds is 3. The zero-order valence-electron chi connectivity index (χ0n) is 14.0. The molecule has 4 aromatic carbocycles. The fourth-order valence-electron chi connectivity index (χ4n) is 3.24. The molecule has 0 nitrogen and oxygen atoms in total. The summed E-state index contributed by atoms with van der Waals surface area (Å²) in [6.07, 6.45) is 0. The van der Waals surface area contributed by atoms with Crippen LogP contribution in [0.15, 0.2) is 106 Å². The van der Waals surface area contributed by atoms with Crippen LogP contribution in [0.25, 0.3) is 33.4 Å². The highest BCUT2D eigenvalue weighted by Gasteiger charge is 2.16. The van der Waals surface area contributed by atoms with Gasteiger partial charge in [-0.2, -0.15) is 0 Å².